The summed E-state index contributed by atoms with van der Waals surface area (Å²) < 4.78 is 51.1. The third-order valence-electron chi connectivity index (χ3n) is 4.29. The van der Waals surface area contributed by atoms with Crippen molar-refractivity contribution in [3.05, 3.63) is 47.2 Å². The highest BCUT2D eigenvalue weighted by Gasteiger charge is 2.69. The van der Waals surface area contributed by atoms with Gasteiger partial charge >= 0.3 is 12.1 Å². The summed E-state index contributed by atoms with van der Waals surface area (Å²) in [5.41, 5.74) is -1.45. The monoisotopic (exact) mass is 342 g/mol. The fourth-order valence-electron chi connectivity index (χ4n) is 2.85. The Morgan fingerprint density at radius 3 is 2.33 bits per heavy atom. The van der Waals surface area contributed by atoms with Crippen molar-refractivity contribution in [2.24, 2.45) is 5.92 Å². The quantitative estimate of drug-likeness (QED) is 0.589. The molecule has 1 aliphatic rings. The summed E-state index contributed by atoms with van der Waals surface area (Å²) >= 11 is 0. The molecule has 1 fully saturated rings. The molecule has 1 aromatic rings. The van der Waals surface area contributed by atoms with Crippen LogP contribution >= 0.6 is 0 Å². The van der Waals surface area contributed by atoms with Crippen molar-refractivity contribution in [3.8, 4) is 0 Å². The van der Waals surface area contributed by atoms with E-state index in [1.54, 1.807) is 19.1 Å². The zero-order valence-electron chi connectivity index (χ0n) is 14.1. The summed E-state index contributed by atoms with van der Waals surface area (Å²) in [5, 5.41) is 0. The lowest BCUT2D eigenvalue weighted by molar-refractivity contribution is -0.332. The normalized spacial score (nSPS) is 25.3. The van der Waals surface area contributed by atoms with Gasteiger partial charge in [-0.15, -0.1) is 0 Å². The fraction of sp³-hybridized carbons (Fsp3) is 0.500. The molecule has 1 saturated heterocycles. The second-order valence-electron chi connectivity index (χ2n) is 6.13. The molecule has 0 saturated carbocycles. The molecular weight excluding hydrogens is 321 g/mol. The minimum atomic E-state index is -4.60. The van der Waals surface area contributed by atoms with Crippen LogP contribution in [-0.4, -0.2) is 18.8 Å². The second kappa shape index (κ2) is 6.49. The second-order valence-corrected chi connectivity index (χ2v) is 6.13. The molecule has 1 heterocycles. The highest BCUT2D eigenvalue weighted by atomic mass is 19.4. The van der Waals surface area contributed by atoms with E-state index in [0.29, 0.717) is 0 Å². The van der Waals surface area contributed by atoms with Gasteiger partial charge < -0.3 is 9.47 Å². The van der Waals surface area contributed by atoms with Crippen LogP contribution < -0.4 is 0 Å². The van der Waals surface area contributed by atoms with Crippen molar-refractivity contribution in [1.82, 2.24) is 0 Å². The molecule has 0 aliphatic carbocycles. The summed E-state index contributed by atoms with van der Waals surface area (Å²) in [6.07, 6.45) is -3.61. The van der Waals surface area contributed by atoms with Crippen molar-refractivity contribution in [3.63, 3.8) is 0 Å². The lowest BCUT2D eigenvalue weighted by Gasteiger charge is -2.50. The number of carbonyl (C=O) groups is 1. The van der Waals surface area contributed by atoms with Crippen LogP contribution in [0.1, 0.15) is 44.7 Å². The van der Waals surface area contributed by atoms with Gasteiger partial charge in [0.25, 0.3) is 0 Å². The van der Waals surface area contributed by atoms with Gasteiger partial charge in [0.2, 0.25) is 5.60 Å². The minimum Gasteiger partial charge on any atom is -0.476 e. The number of rotatable bonds is 4. The van der Waals surface area contributed by atoms with E-state index in [1.165, 1.54) is 19.1 Å². The minimum absolute atomic E-state index is 0.0151. The van der Waals surface area contributed by atoms with E-state index >= 15 is 0 Å². The SMILES string of the molecule is CCOC(=O)/C=C1\OC(c2ccc(C(C)C)cc2)(C(F)(F)F)[C@H]1C. The maximum atomic E-state index is 13.7. The number of alkyl halides is 3. The highest BCUT2D eigenvalue weighted by Crippen LogP contribution is 2.58. The topological polar surface area (TPSA) is 35.5 Å². The van der Waals surface area contributed by atoms with Gasteiger partial charge in [0.15, 0.2) is 0 Å². The molecule has 1 aliphatic heterocycles. The van der Waals surface area contributed by atoms with Crippen LogP contribution in [0.4, 0.5) is 13.2 Å². The Balaban J connectivity index is 2.36. The maximum absolute atomic E-state index is 13.7. The Kier molecular flexibility index (Phi) is 4.97. The standard InChI is InChI=1S/C18H21F3O3/c1-5-23-16(22)10-15-12(4)17(24-15,18(19,20)21)14-8-6-13(7-9-14)11(2)3/h6-12H,5H2,1-4H3/b15-10-/t12-,17?/m0/s1. The molecule has 0 bridgehead atoms. The summed E-state index contributed by atoms with van der Waals surface area (Å²) in [7, 11) is 0. The molecule has 0 spiro atoms. The molecule has 3 nitrogen and oxygen atoms in total. The van der Waals surface area contributed by atoms with Crippen LogP contribution in [0.15, 0.2) is 36.1 Å². The molecule has 2 atom stereocenters. The summed E-state index contributed by atoms with van der Waals surface area (Å²) in [4.78, 5) is 11.4. The van der Waals surface area contributed by atoms with E-state index in [0.717, 1.165) is 11.6 Å². The van der Waals surface area contributed by atoms with Gasteiger partial charge in [0.1, 0.15) is 5.76 Å². The molecular formula is C18H21F3O3. The van der Waals surface area contributed by atoms with Crippen LogP contribution in [-0.2, 0) is 19.9 Å². The maximum Gasteiger partial charge on any atom is 0.433 e. The summed E-state index contributed by atoms with van der Waals surface area (Å²) in [6, 6.07) is 6.24. The van der Waals surface area contributed by atoms with Gasteiger partial charge in [-0.2, -0.15) is 13.2 Å². The lowest BCUT2D eigenvalue weighted by Crippen LogP contribution is -2.58. The zero-order chi connectivity index (χ0) is 18.1. The van der Waals surface area contributed by atoms with Gasteiger partial charge in [0.05, 0.1) is 18.6 Å². The molecule has 0 N–H and O–H groups in total. The van der Waals surface area contributed by atoms with Gasteiger partial charge in [-0.05, 0) is 18.4 Å². The van der Waals surface area contributed by atoms with Gasteiger partial charge in [-0.3, -0.25) is 0 Å². The van der Waals surface area contributed by atoms with E-state index in [9.17, 15) is 18.0 Å². The molecule has 0 aromatic heterocycles. The largest absolute Gasteiger partial charge is 0.476 e. The van der Waals surface area contributed by atoms with Gasteiger partial charge in [-0.25, -0.2) is 4.79 Å². The van der Waals surface area contributed by atoms with Crippen molar-refractivity contribution < 1.29 is 27.4 Å². The molecule has 0 amide bonds. The van der Waals surface area contributed by atoms with E-state index < -0.39 is 23.7 Å². The van der Waals surface area contributed by atoms with Crippen molar-refractivity contribution in [2.75, 3.05) is 6.61 Å². The van der Waals surface area contributed by atoms with E-state index in [-0.39, 0.29) is 23.8 Å². The van der Waals surface area contributed by atoms with Crippen molar-refractivity contribution in [2.45, 2.75) is 45.4 Å². The van der Waals surface area contributed by atoms with Crippen LogP contribution in [0.2, 0.25) is 0 Å². The average molecular weight is 342 g/mol. The first-order chi connectivity index (χ1) is 11.1. The number of benzene rings is 1. The van der Waals surface area contributed by atoms with Crippen LogP contribution in [0, 0.1) is 5.92 Å². The Morgan fingerprint density at radius 2 is 1.92 bits per heavy atom. The van der Waals surface area contributed by atoms with Crippen LogP contribution in [0.5, 0.6) is 0 Å². The molecule has 2 rings (SSSR count). The number of esters is 1. The van der Waals surface area contributed by atoms with E-state index in [2.05, 4.69) is 0 Å². The average Bonchev–Trinajstić information content (AvgIpc) is 2.49. The molecule has 1 unspecified atom stereocenters. The number of carbonyl (C=O) groups excluding carboxylic acids is 1. The fourth-order valence-corrected chi connectivity index (χ4v) is 2.85. The highest BCUT2D eigenvalue weighted by molar-refractivity contribution is 5.82. The molecule has 132 valence electrons. The number of hydrogen-bond donors (Lipinski definition) is 0. The Bertz CT molecular complexity index is 632. The third-order valence-corrected chi connectivity index (χ3v) is 4.29. The molecule has 1 aromatic carbocycles. The van der Waals surface area contributed by atoms with E-state index in [4.69, 9.17) is 9.47 Å². The molecule has 24 heavy (non-hydrogen) atoms. The zero-order valence-corrected chi connectivity index (χ0v) is 14.1. The first-order valence-electron chi connectivity index (χ1n) is 7.88. The smallest absolute Gasteiger partial charge is 0.433 e. The van der Waals surface area contributed by atoms with Crippen LogP contribution in [0.3, 0.4) is 0 Å². The van der Waals surface area contributed by atoms with Gasteiger partial charge in [0, 0.05) is 5.56 Å². The molecule has 0 radical (unpaired) electrons. The summed E-state index contributed by atoms with van der Waals surface area (Å²) in [5.74, 6) is -1.50. The molecule has 6 heteroatoms. The van der Waals surface area contributed by atoms with Crippen LogP contribution in [0.25, 0.3) is 0 Å². The van der Waals surface area contributed by atoms with Gasteiger partial charge in [-0.1, -0.05) is 45.0 Å². The Morgan fingerprint density at radius 1 is 1.33 bits per heavy atom. The van der Waals surface area contributed by atoms with E-state index in [1.807, 2.05) is 13.8 Å². The first-order valence-corrected chi connectivity index (χ1v) is 7.88. The predicted molar refractivity (Wildman–Crippen MR) is 83.2 cm³/mol. The summed E-state index contributed by atoms with van der Waals surface area (Å²) in [6.45, 7) is 7.11. The third kappa shape index (κ3) is 3.01. The predicted octanol–water partition coefficient (Wildman–Crippen LogP) is 4.68. The Hall–Kier alpha value is -1.98. The van der Waals surface area contributed by atoms with Crippen molar-refractivity contribution in [1.29, 1.82) is 0 Å². The number of ether oxygens (including phenoxy) is 2. The Labute approximate surface area is 139 Å². The first kappa shape index (κ1) is 18.4. The van der Waals surface area contributed by atoms with Crippen molar-refractivity contribution >= 4 is 5.97 Å². The lowest BCUT2D eigenvalue weighted by atomic mass is 9.74. The number of hydrogen-bond acceptors (Lipinski definition) is 3. The number of halogens is 3.